The van der Waals surface area contributed by atoms with Gasteiger partial charge in [-0.3, -0.25) is 0 Å². The van der Waals surface area contributed by atoms with Gasteiger partial charge in [0.2, 0.25) is 0 Å². The first-order chi connectivity index (χ1) is 48.0. The minimum atomic E-state index is -0.884. The Morgan fingerprint density at radius 1 is 0.124 bits per heavy atom. The first kappa shape index (κ1) is 59.3. The van der Waals surface area contributed by atoms with E-state index in [2.05, 4.69) is 388 Å². The Bertz CT molecular complexity index is 4430. The van der Waals surface area contributed by atoms with Crippen LogP contribution in [0.4, 0.5) is 0 Å². The van der Waals surface area contributed by atoms with Crippen LogP contribution in [0.15, 0.2) is 388 Å². The number of pyridine rings is 4. The molecule has 0 atom stereocenters. The molecule has 16 rings (SSSR count). The Morgan fingerprint density at radius 3 is 0.392 bits per heavy atom. The van der Waals surface area contributed by atoms with Crippen molar-refractivity contribution in [2.45, 2.75) is 5.41 Å². The number of hydrogen-bond acceptors (Lipinski definition) is 4. The monoisotopic (exact) mass is 1240 g/mol. The van der Waals surface area contributed by atoms with Gasteiger partial charge in [-0.2, -0.15) is 0 Å². The molecule has 0 unspecified atom stereocenters. The lowest BCUT2D eigenvalue weighted by atomic mass is 9.64. The van der Waals surface area contributed by atoms with E-state index in [0.717, 1.165) is 157 Å². The Morgan fingerprint density at radius 2 is 0.258 bits per heavy atom. The summed E-state index contributed by atoms with van der Waals surface area (Å²) in [7, 11) is 0. The molecule has 0 fully saturated rings. The maximum absolute atomic E-state index is 5.27. The Balaban J connectivity index is 0.907. The van der Waals surface area contributed by atoms with E-state index in [9.17, 15) is 0 Å². The van der Waals surface area contributed by atoms with Crippen molar-refractivity contribution in [2.75, 3.05) is 0 Å². The van der Waals surface area contributed by atoms with Crippen LogP contribution in [0.1, 0.15) is 22.3 Å². The molecule has 0 N–H and O–H groups in total. The zero-order valence-corrected chi connectivity index (χ0v) is 53.2. The van der Waals surface area contributed by atoms with E-state index in [1.54, 1.807) is 0 Å². The molecule has 0 aliphatic heterocycles. The van der Waals surface area contributed by atoms with Gasteiger partial charge in [0, 0.05) is 44.5 Å². The molecule has 0 amide bonds. The van der Waals surface area contributed by atoms with E-state index in [1.807, 2.05) is 0 Å². The molecule has 0 radical (unpaired) electrons. The number of aromatic nitrogens is 4. The van der Waals surface area contributed by atoms with E-state index in [4.69, 9.17) is 19.9 Å². The van der Waals surface area contributed by atoms with Crippen molar-refractivity contribution in [2.24, 2.45) is 0 Å². The van der Waals surface area contributed by atoms with Crippen LogP contribution >= 0.6 is 0 Å². The molecule has 456 valence electrons. The van der Waals surface area contributed by atoms with Gasteiger partial charge in [-0.15, -0.1) is 0 Å². The summed E-state index contributed by atoms with van der Waals surface area (Å²) in [6.07, 6.45) is 0. The van der Waals surface area contributed by atoms with Crippen LogP contribution in [0.2, 0.25) is 0 Å². The van der Waals surface area contributed by atoms with Crippen LogP contribution < -0.4 is 0 Å². The van der Waals surface area contributed by atoms with Crippen LogP contribution in [0.25, 0.3) is 135 Å². The van der Waals surface area contributed by atoms with Crippen molar-refractivity contribution < 1.29 is 0 Å². The van der Waals surface area contributed by atoms with E-state index in [-0.39, 0.29) is 0 Å². The summed E-state index contributed by atoms with van der Waals surface area (Å²) in [5, 5.41) is 0. The maximum atomic E-state index is 5.27. The third-order valence-corrected chi connectivity index (χ3v) is 18.5. The van der Waals surface area contributed by atoms with Gasteiger partial charge in [-0.25, -0.2) is 19.9 Å². The highest BCUT2D eigenvalue weighted by molar-refractivity contribution is 5.83. The van der Waals surface area contributed by atoms with Crippen LogP contribution in [0, 0.1) is 0 Å². The Kier molecular flexibility index (Phi) is 16.3. The predicted octanol–water partition coefficient (Wildman–Crippen LogP) is 23.7. The molecule has 0 aliphatic rings. The third-order valence-electron chi connectivity index (χ3n) is 18.5. The molecule has 0 saturated carbocycles. The summed E-state index contributed by atoms with van der Waals surface area (Å²) in [6, 6.07) is 139. The standard InChI is InChI=1S/C93H64N4/c1-9-25-69(26-10-1)85-57-77(58-86(94-85)70-27-11-2-12-28-70)65-41-49-81(50-42-65)93(82-51-43-66(44-52-82)78-59-87(71-29-13-3-14-30-71)95-88(60-78)72-31-15-4-16-32-72,83-53-45-67(46-54-83)79-61-89(73-33-17-5-18-34-73)96-90(62-79)74-35-19-6-20-36-74)84-55-47-68(48-56-84)80-63-91(75-37-21-7-22-38-75)97-92(64-80)76-39-23-8-24-40-76/h1-64H. The lowest BCUT2D eigenvalue weighted by Crippen LogP contribution is -2.31. The minimum absolute atomic E-state index is 0.884. The van der Waals surface area contributed by atoms with Crippen LogP contribution in [0.5, 0.6) is 0 Å². The second-order valence-corrected chi connectivity index (χ2v) is 24.5. The SMILES string of the molecule is c1ccc(-c2cc(-c3ccc(C(c4ccc(-c5cc(-c6ccccc6)nc(-c6ccccc6)c5)cc4)(c4ccc(-c5cc(-c6ccccc6)nc(-c6ccccc6)c5)cc4)c4ccc(-c5cc(-c6ccccc6)nc(-c6ccccc6)c5)cc4)cc3)cc(-c3ccccc3)n2)cc1. The summed E-state index contributed by atoms with van der Waals surface area (Å²) < 4.78 is 0. The second-order valence-electron chi connectivity index (χ2n) is 24.5. The van der Waals surface area contributed by atoms with Crippen molar-refractivity contribution in [3.63, 3.8) is 0 Å². The summed E-state index contributed by atoms with van der Waals surface area (Å²) in [5.74, 6) is 0. The molecule has 0 saturated heterocycles. The highest BCUT2D eigenvalue weighted by atomic mass is 14.7. The maximum Gasteiger partial charge on any atom is 0.0715 e. The van der Waals surface area contributed by atoms with Gasteiger partial charge in [0.25, 0.3) is 0 Å². The van der Waals surface area contributed by atoms with Gasteiger partial charge < -0.3 is 0 Å². The number of benzene rings is 12. The fourth-order valence-corrected chi connectivity index (χ4v) is 13.5. The first-order valence-electron chi connectivity index (χ1n) is 33.0. The molecule has 0 aliphatic carbocycles. The Labute approximate surface area is 567 Å². The molecule has 16 aromatic rings. The zero-order chi connectivity index (χ0) is 64.7. The number of nitrogens with zero attached hydrogens (tertiary/aromatic N) is 4. The van der Waals surface area contributed by atoms with Crippen LogP contribution in [-0.2, 0) is 5.41 Å². The largest absolute Gasteiger partial charge is 0.248 e. The normalized spacial score (nSPS) is 11.3. The summed E-state index contributed by atoms with van der Waals surface area (Å²) in [6.45, 7) is 0. The fourth-order valence-electron chi connectivity index (χ4n) is 13.5. The molecular weight excluding hydrogens is 1170 g/mol. The van der Waals surface area contributed by atoms with Gasteiger partial charge in [0.05, 0.1) is 51.0 Å². The van der Waals surface area contributed by atoms with E-state index in [0.29, 0.717) is 0 Å². The van der Waals surface area contributed by atoms with Gasteiger partial charge in [0.1, 0.15) is 0 Å². The van der Waals surface area contributed by atoms with E-state index in [1.165, 1.54) is 0 Å². The molecule has 4 heterocycles. The summed E-state index contributed by atoms with van der Waals surface area (Å²) >= 11 is 0. The summed E-state index contributed by atoms with van der Waals surface area (Å²) in [4.78, 5) is 21.1. The van der Waals surface area contributed by atoms with Crippen molar-refractivity contribution in [3.8, 4) is 135 Å². The molecule has 0 spiro atoms. The van der Waals surface area contributed by atoms with Crippen LogP contribution in [-0.4, -0.2) is 19.9 Å². The predicted molar refractivity (Wildman–Crippen MR) is 401 cm³/mol. The smallest absolute Gasteiger partial charge is 0.0715 e. The van der Waals surface area contributed by atoms with Gasteiger partial charge in [-0.1, -0.05) is 340 Å². The second kappa shape index (κ2) is 26.7. The summed E-state index contributed by atoms with van der Waals surface area (Å²) in [5.41, 5.74) is 28.0. The fraction of sp³-hybridized carbons (Fsp3) is 0.0108. The molecule has 0 bridgehead atoms. The highest BCUT2D eigenvalue weighted by Crippen LogP contribution is 2.48. The Hall–Kier alpha value is -12.8. The van der Waals surface area contributed by atoms with Crippen molar-refractivity contribution >= 4 is 0 Å². The molecule has 4 heteroatoms. The quantitative estimate of drug-likeness (QED) is 0.0905. The van der Waals surface area contributed by atoms with E-state index < -0.39 is 5.41 Å². The molecule has 12 aromatic carbocycles. The first-order valence-corrected chi connectivity index (χ1v) is 33.0. The molecule has 4 nitrogen and oxygen atoms in total. The molecular formula is C93H64N4. The third kappa shape index (κ3) is 12.3. The van der Waals surface area contributed by atoms with Gasteiger partial charge in [-0.05, 0) is 115 Å². The van der Waals surface area contributed by atoms with Crippen molar-refractivity contribution in [1.82, 2.24) is 19.9 Å². The average molecular weight is 1240 g/mol. The van der Waals surface area contributed by atoms with Crippen LogP contribution in [0.3, 0.4) is 0 Å². The molecule has 97 heavy (non-hydrogen) atoms. The minimum Gasteiger partial charge on any atom is -0.248 e. The van der Waals surface area contributed by atoms with Gasteiger partial charge >= 0.3 is 0 Å². The number of rotatable bonds is 16. The van der Waals surface area contributed by atoms with Crippen molar-refractivity contribution in [3.05, 3.63) is 411 Å². The zero-order valence-electron chi connectivity index (χ0n) is 53.2. The molecule has 4 aromatic heterocycles. The topological polar surface area (TPSA) is 51.6 Å². The lowest BCUT2D eigenvalue weighted by molar-refractivity contribution is 0.745. The average Bonchev–Trinajstić information content (AvgIpc) is 0.730. The number of hydrogen-bond donors (Lipinski definition) is 0. The van der Waals surface area contributed by atoms with Crippen molar-refractivity contribution in [1.29, 1.82) is 0 Å². The van der Waals surface area contributed by atoms with Gasteiger partial charge in [0.15, 0.2) is 0 Å². The van der Waals surface area contributed by atoms with E-state index >= 15 is 0 Å². The highest BCUT2D eigenvalue weighted by Gasteiger charge is 2.39. The lowest BCUT2D eigenvalue weighted by Gasteiger charge is -2.37.